The summed E-state index contributed by atoms with van der Waals surface area (Å²) < 4.78 is 28.0. The van der Waals surface area contributed by atoms with Gasteiger partial charge in [0, 0.05) is 23.5 Å². The van der Waals surface area contributed by atoms with E-state index in [0.717, 1.165) is 11.1 Å². The van der Waals surface area contributed by atoms with E-state index in [-0.39, 0.29) is 10.5 Å². The van der Waals surface area contributed by atoms with Gasteiger partial charge in [0.25, 0.3) is 5.91 Å². The minimum Gasteiger partial charge on any atom is -0.338 e. The highest BCUT2D eigenvalue weighted by Crippen LogP contribution is 2.28. The van der Waals surface area contributed by atoms with E-state index >= 15 is 0 Å². The molecule has 3 heterocycles. The van der Waals surface area contributed by atoms with Gasteiger partial charge in [0.15, 0.2) is 0 Å². The summed E-state index contributed by atoms with van der Waals surface area (Å²) in [5.41, 5.74) is 2.04. The maximum absolute atomic E-state index is 13.3. The molecule has 2 aromatic heterocycles. The normalized spacial score (nSPS) is 15.0. The zero-order chi connectivity index (χ0) is 22.8. The fraction of sp³-hybridized carbons (Fsp3) is 0.182. The number of aromatic amines is 1. The Labute approximate surface area is 194 Å². The molecule has 11 heteroatoms. The van der Waals surface area contributed by atoms with E-state index in [1.54, 1.807) is 23.5 Å². The predicted molar refractivity (Wildman–Crippen MR) is 122 cm³/mol. The molecular weight excluding hydrogens is 460 g/mol. The summed E-state index contributed by atoms with van der Waals surface area (Å²) in [6.07, 6.45) is 0.690. The third kappa shape index (κ3) is 4.30. The Morgan fingerprint density at radius 1 is 1.12 bits per heavy atom. The van der Waals surface area contributed by atoms with Crippen LogP contribution in [0.15, 0.2) is 70.9 Å². The van der Waals surface area contributed by atoms with Crippen molar-refractivity contribution in [3.63, 3.8) is 0 Å². The van der Waals surface area contributed by atoms with E-state index in [0.29, 0.717) is 25.3 Å². The monoisotopic (exact) mass is 480 g/mol. The third-order valence-electron chi connectivity index (χ3n) is 5.53. The summed E-state index contributed by atoms with van der Waals surface area (Å²) in [6.45, 7) is 0.756. The van der Waals surface area contributed by atoms with Crippen LogP contribution in [0.2, 0.25) is 0 Å². The molecule has 1 amide bonds. The molecule has 9 nitrogen and oxygen atoms in total. The van der Waals surface area contributed by atoms with Crippen LogP contribution in [0.5, 0.6) is 0 Å². The number of carbonyl (C=O) groups excluding carboxylic acids is 1. The second-order valence-corrected chi connectivity index (χ2v) is 10.5. The van der Waals surface area contributed by atoms with E-state index < -0.39 is 22.0 Å². The fourth-order valence-electron chi connectivity index (χ4n) is 3.82. The maximum Gasteiger partial charge on any atom is 0.252 e. The van der Waals surface area contributed by atoms with Crippen molar-refractivity contribution in [3.05, 3.63) is 93.4 Å². The van der Waals surface area contributed by atoms with Gasteiger partial charge in [-0.2, -0.15) is 9.52 Å². The molecule has 168 valence electrons. The molecule has 33 heavy (non-hydrogen) atoms. The molecule has 0 radical (unpaired) electrons. The molecule has 1 unspecified atom stereocenters. The van der Waals surface area contributed by atoms with Crippen LogP contribution in [0.3, 0.4) is 0 Å². The van der Waals surface area contributed by atoms with E-state index in [4.69, 9.17) is 0 Å². The smallest absolute Gasteiger partial charge is 0.252 e. The van der Waals surface area contributed by atoms with Gasteiger partial charge in [0.2, 0.25) is 15.8 Å². The topological polar surface area (TPSA) is 121 Å². The standard InChI is InChI=1S/C22H20N6O3S2/c29-22(23-20(21-24-26-27-25-21)15-5-2-1-3-6-15)16-7-4-8-18(13-16)33(30,31)28-11-9-19-17(14-28)10-12-32-19/h1-8,10,12-13,20H,9,11,14H2,(H,23,29)(H,24,25,26,27). The Kier molecular flexibility index (Phi) is 5.75. The van der Waals surface area contributed by atoms with Gasteiger partial charge in [-0.05, 0) is 47.2 Å². The lowest BCUT2D eigenvalue weighted by Gasteiger charge is -2.26. The number of sulfonamides is 1. The Balaban J connectivity index is 1.40. The number of H-pyrrole nitrogens is 1. The van der Waals surface area contributed by atoms with Crippen LogP contribution in [0, 0.1) is 0 Å². The second kappa shape index (κ2) is 8.85. The summed E-state index contributed by atoms with van der Waals surface area (Å²) in [5, 5.41) is 18.9. The minimum atomic E-state index is -3.74. The quantitative estimate of drug-likeness (QED) is 0.437. The van der Waals surface area contributed by atoms with E-state index in [1.807, 2.05) is 41.8 Å². The first kappa shape index (κ1) is 21.4. The Morgan fingerprint density at radius 3 is 2.76 bits per heavy atom. The third-order valence-corrected chi connectivity index (χ3v) is 8.40. The van der Waals surface area contributed by atoms with Crippen molar-refractivity contribution in [1.29, 1.82) is 0 Å². The largest absolute Gasteiger partial charge is 0.338 e. The van der Waals surface area contributed by atoms with Crippen molar-refractivity contribution < 1.29 is 13.2 Å². The SMILES string of the molecule is O=C(NC(c1ccccc1)c1nn[nH]n1)c1cccc(S(=O)(=O)N2CCc3sccc3C2)c1. The number of hydrogen-bond acceptors (Lipinski definition) is 7. The summed E-state index contributed by atoms with van der Waals surface area (Å²) in [5.74, 6) is -0.136. The van der Waals surface area contributed by atoms with Crippen molar-refractivity contribution in [2.75, 3.05) is 6.54 Å². The van der Waals surface area contributed by atoms with Crippen molar-refractivity contribution in [2.45, 2.75) is 23.9 Å². The Hall–Kier alpha value is -3.41. The van der Waals surface area contributed by atoms with Gasteiger partial charge in [-0.3, -0.25) is 4.79 Å². The van der Waals surface area contributed by atoms with Crippen LogP contribution in [-0.2, 0) is 23.0 Å². The van der Waals surface area contributed by atoms with Crippen LogP contribution in [-0.4, -0.2) is 45.8 Å². The number of nitrogens with zero attached hydrogens (tertiary/aromatic N) is 4. The average Bonchev–Trinajstić information content (AvgIpc) is 3.55. The number of benzene rings is 2. The number of fused-ring (bicyclic) bond motifs is 1. The minimum absolute atomic E-state index is 0.0876. The predicted octanol–water partition coefficient (Wildman–Crippen LogP) is 2.53. The number of hydrogen-bond donors (Lipinski definition) is 2. The van der Waals surface area contributed by atoms with Crippen LogP contribution < -0.4 is 5.32 Å². The van der Waals surface area contributed by atoms with Gasteiger partial charge in [0.05, 0.1) is 4.90 Å². The van der Waals surface area contributed by atoms with Crippen molar-refractivity contribution in [2.24, 2.45) is 0 Å². The summed E-state index contributed by atoms with van der Waals surface area (Å²) in [7, 11) is -3.74. The van der Waals surface area contributed by atoms with Gasteiger partial charge in [-0.15, -0.1) is 21.5 Å². The average molecular weight is 481 g/mol. The molecule has 0 saturated carbocycles. The molecule has 0 spiro atoms. The number of rotatable bonds is 6. The molecule has 0 aliphatic carbocycles. The number of thiophene rings is 1. The first-order valence-electron chi connectivity index (χ1n) is 10.3. The van der Waals surface area contributed by atoms with Gasteiger partial charge in [-0.1, -0.05) is 41.6 Å². The Morgan fingerprint density at radius 2 is 1.97 bits per heavy atom. The van der Waals surface area contributed by atoms with E-state index in [9.17, 15) is 13.2 Å². The zero-order valence-corrected chi connectivity index (χ0v) is 19.0. The highest BCUT2D eigenvalue weighted by Gasteiger charge is 2.30. The molecule has 0 bridgehead atoms. The zero-order valence-electron chi connectivity index (χ0n) is 17.4. The highest BCUT2D eigenvalue weighted by molar-refractivity contribution is 7.89. The lowest BCUT2D eigenvalue weighted by molar-refractivity contribution is 0.0941. The summed E-state index contributed by atoms with van der Waals surface area (Å²) >= 11 is 1.65. The lowest BCUT2D eigenvalue weighted by Crippen LogP contribution is -2.35. The lowest BCUT2D eigenvalue weighted by atomic mass is 10.1. The maximum atomic E-state index is 13.3. The molecule has 1 aliphatic rings. The Bertz CT molecular complexity index is 1370. The van der Waals surface area contributed by atoms with Gasteiger partial charge in [0.1, 0.15) is 6.04 Å². The van der Waals surface area contributed by atoms with E-state index in [1.165, 1.54) is 21.3 Å². The van der Waals surface area contributed by atoms with Gasteiger partial charge < -0.3 is 5.32 Å². The number of aromatic nitrogens is 4. The van der Waals surface area contributed by atoms with Gasteiger partial charge in [-0.25, -0.2) is 8.42 Å². The molecule has 2 aromatic carbocycles. The second-order valence-electron chi connectivity index (χ2n) is 7.57. The first-order chi connectivity index (χ1) is 16.0. The summed E-state index contributed by atoms with van der Waals surface area (Å²) in [4.78, 5) is 14.4. The molecule has 1 aliphatic heterocycles. The number of amides is 1. The highest BCUT2D eigenvalue weighted by atomic mass is 32.2. The number of carbonyl (C=O) groups is 1. The van der Waals surface area contributed by atoms with Crippen molar-refractivity contribution in [3.8, 4) is 0 Å². The fourth-order valence-corrected chi connectivity index (χ4v) is 6.18. The first-order valence-corrected chi connectivity index (χ1v) is 12.6. The summed E-state index contributed by atoms with van der Waals surface area (Å²) in [6, 6.07) is 16.7. The van der Waals surface area contributed by atoms with Crippen LogP contribution in [0.1, 0.15) is 38.2 Å². The van der Waals surface area contributed by atoms with E-state index in [2.05, 4.69) is 25.9 Å². The van der Waals surface area contributed by atoms with Crippen LogP contribution >= 0.6 is 11.3 Å². The van der Waals surface area contributed by atoms with Crippen molar-refractivity contribution in [1.82, 2.24) is 30.2 Å². The van der Waals surface area contributed by atoms with Crippen molar-refractivity contribution >= 4 is 27.3 Å². The van der Waals surface area contributed by atoms with Crippen LogP contribution in [0.4, 0.5) is 0 Å². The molecule has 1 atom stereocenters. The molecule has 2 N–H and O–H groups in total. The number of nitrogens with one attached hydrogen (secondary N) is 2. The van der Waals surface area contributed by atoms with Crippen LogP contribution in [0.25, 0.3) is 0 Å². The number of tetrazole rings is 1. The molecular formula is C22H20N6O3S2. The molecule has 4 aromatic rings. The van der Waals surface area contributed by atoms with Gasteiger partial charge >= 0.3 is 0 Å². The molecule has 0 saturated heterocycles. The molecule has 0 fully saturated rings. The molecule has 5 rings (SSSR count).